The van der Waals surface area contributed by atoms with Crippen LogP contribution >= 0.6 is 0 Å². The van der Waals surface area contributed by atoms with Gasteiger partial charge in [0.15, 0.2) is 5.82 Å². The molecule has 1 aliphatic rings. The number of anilines is 1. The van der Waals surface area contributed by atoms with Crippen LogP contribution in [0, 0.1) is 6.92 Å². The highest BCUT2D eigenvalue weighted by Gasteiger charge is 2.34. The lowest BCUT2D eigenvalue weighted by molar-refractivity contribution is -0.136. The lowest BCUT2D eigenvalue weighted by atomic mass is 10.1. The van der Waals surface area contributed by atoms with Crippen LogP contribution in [0.15, 0.2) is 34.9 Å². The van der Waals surface area contributed by atoms with Gasteiger partial charge < -0.3 is 19.5 Å². The number of rotatable bonds is 6. The molecule has 1 fully saturated rings. The summed E-state index contributed by atoms with van der Waals surface area (Å²) in [5, 5.41) is 6.49. The van der Waals surface area contributed by atoms with Crippen molar-refractivity contribution in [3.63, 3.8) is 0 Å². The molecule has 1 aromatic heterocycles. The van der Waals surface area contributed by atoms with Gasteiger partial charge in [0, 0.05) is 19.0 Å². The van der Waals surface area contributed by atoms with E-state index in [1.165, 1.54) is 0 Å². The van der Waals surface area contributed by atoms with Gasteiger partial charge in [0.05, 0.1) is 7.11 Å². The van der Waals surface area contributed by atoms with Crippen molar-refractivity contribution in [2.45, 2.75) is 38.6 Å². The molecule has 138 valence electrons. The number of aromatic nitrogens is 1. The van der Waals surface area contributed by atoms with Crippen molar-refractivity contribution in [2.24, 2.45) is 0 Å². The van der Waals surface area contributed by atoms with Crippen molar-refractivity contribution in [2.75, 3.05) is 19.0 Å². The zero-order valence-electron chi connectivity index (χ0n) is 15.0. The van der Waals surface area contributed by atoms with E-state index in [9.17, 15) is 9.59 Å². The Morgan fingerprint density at radius 2 is 2.12 bits per heavy atom. The third kappa shape index (κ3) is 4.22. The second-order valence-electron chi connectivity index (χ2n) is 6.41. The topological polar surface area (TPSA) is 84.7 Å². The van der Waals surface area contributed by atoms with E-state index in [2.05, 4.69) is 10.5 Å². The summed E-state index contributed by atoms with van der Waals surface area (Å²) in [7, 11) is 1.62. The highest BCUT2D eigenvalue weighted by atomic mass is 16.5. The molecule has 0 spiro atoms. The van der Waals surface area contributed by atoms with Crippen molar-refractivity contribution in [1.29, 1.82) is 0 Å². The SMILES string of the molecule is COc1ccc(CCC(=O)N2CCC[C@H]2C(=O)Nc2cc(C)on2)cc1. The van der Waals surface area contributed by atoms with Gasteiger partial charge in [-0.05, 0) is 43.9 Å². The number of ether oxygens (including phenoxy) is 1. The fraction of sp³-hybridized carbons (Fsp3) is 0.421. The average molecular weight is 357 g/mol. The molecule has 7 heteroatoms. The lowest BCUT2D eigenvalue weighted by Gasteiger charge is -2.23. The van der Waals surface area contributed by atoms with Crippen LogP contribution in [0.1, 0.15) is 30.6 Å². The lowest BCUT2D eigenvalue weighted by Crippen LogP contribution is -2.43. The molecule has 2 aromatic rings. The zero-order valence-corrected chi connectivity index (χ0v) is 15.0. The minimum Gasteiger partial charge on any atom is -0.497 e. The predicted octanol–water partition coefficient (Wildman–Crippen LogP) is 2.55. The summed E-state index contributed by atoms with van der Waals surface area (Å²) in [5.41, 5.74) is 1.07. The van der Waals surface area contributed by atoms with Crippen molar-refractivity contribution >= 4 is 17.6 Å². The Labute approximate surface area is 152 Å². The number of methoxy groups -OCH3 is 1. The number of hydrogen-bond acceptors (Lipinski definition) is 5. The zero-order chi connectivity index (χ0) is 18.5. The second kappa shape index (κ2) is 8.03. The van der Waals surface area contributed by atoms with Crippen LogP contribution in [-0.2, 0) is 16.0 Å². The molecule has 1 aliphatic heterocycles. The van der Waals surface area contributed by atoms with Crippen LogP contribution < -0.4 is 10.1 Å². The minimum atomic E-state index is -0.449. The number of aryl methyl sites for hydroxylation is 2. The summed E-state index contributed by atoms with van der Waals surface area (Å²) < 4.78 is 10.1. The van der Waals surface area contributed by atoms with E-state index >= 15 is 0 Å². The Balaban J connectivity index is 1.56. The molecule has 2 amide bonds. The minimum absolute atomic E-state index is 0.00481. The van der Waals surface area contributed by atoms with Gasteiger partial charge in [-0.2, -0.15) is 0 Å². The Morgan fingerprint density at radius 1 is 1.35 bits per heavy atom. The molecule has 3 rings (SSSR count). The van der Waals surface area contributed by atoms with E-state index in [4.69, 9.17) is 9.26 Å². The predicted molar refractivity (Wildman–Crippen MR) is 95.9 cm³/mol. The molecule has 1 aromatic carbocycles. The molecule has 2 heterocycles. The van der Waals surface area contributed by atoms with E-state index in [1.54, 1.807) is 25.0 Å². The number of nitrogens with one attached hydrogen (secondary N) is 1. The number of benzene rings is 1. The summed E-state index contributed by atoms with van der Waals surface area (Å²) in [6.45, 7) is 2.37. The van der Waals surface area contributed by atoms with Crippen molar-refractivity contribution in [3.05, 3.63) is 41.7 Å². The smallest absolute Gasteiger partial charge is 0.248 e. The maximum Gasteiger partial charge on any atom is 0.248 e. The number of carbonyl (C=O) groups excluding carboxylic acids is 2. The Bertz CT molecular complexity index is 769. The van der Waals surface area contributed by atoms with Gasteiger partial charge in [-0.15, -0.1) is 0 Å². The first kappa shape index (κ1) is 18.0. The molecule has 7 nitrogen and oxygen atoms in total. The van der Waals surface area contributed by atoms with E-state index in [1.807, 2.05) is 24.3 Å². The van der Waals surface area contributed by atoms with E-state index < -0.39 is 6.04 Å². The van der Waals surface area contributed by atoms with E-state index in [0.29, 0.717) is 37.4 Å². The van der Waals surface area contributed by atoms with Crippen LogP contribution in [0.4, 0.5) is 5.82 Å². The summed E-state index contributed by atoms with van der Waals surface area (Å²) in [4.78, 5) is 26.8. The van der Waals surface area contributed by atoms with Gasteiger partial charge in [0.2, 0.25) is 11.8 Å². The second-order valence-corrected chi connectivity index (χ2v) is 6.41. The van der Waals surface area contributed by atoms with Crippen molar-refractivity contribution in [3.8, 4) is 5.75 Å². The fourth-order valence-electron chi connectivity index (χ4n) is 3.16. The first-order valence-electron chi connectivity index (χ1n) is 8.73. The van der Waals surface area contributed by atoms with Crippen LogP contribution in [0.25, 0.3) is 0 Å². The standard InChI is InChI=1S/C19H23N3O4/c1-13-12-17(21-26-13)20-19(24)16-4-3-11-22(16)18(23)10-7-14-5-8-15(25-2)9-6-14/h5-6,8-9,12,16H,3-4,7,10-11H2,1-2H3,(H,20,21,24)/t16-/m0/s1. The molecular formula is C19H23N3O4. The highest BCUT2D eigenvalue weighted by Crippen LogP contribution is 2.21. The monoisotopic (exact) mass is 357 g/mol. The maximum absolute atomic E-state index is 12.6. The number of amides is 2. The largest absolute Gasteiger partial charge is 0.497 e. The summed E-state index contributed by atoms with van der Waals surface area (Å²) in [6, 6.07) is 8.87. The first-order chi connectivity index (χ1) is 12.6. The van der Waals surface area contributed by atoms with Gasteiger partial charge in [-0.25, -0.2) is 0 Å². The van der Waals surface area contributed by atoms with Gasteiger partial charge in [-0.1, -0.05) is 17.3 Å². The molecule has 1 atom stereocenters. The number of carbonyl (C=O) groups is 2. The van der Waals surface area contributed by atoms with E-state index in [-0.39, 0.29) is 11.8 Å². The quantitative estimate of drug-likeness (QED) is 0.859. The summed E-state index contributed by atoms with van der Waals surface area (Å²) in [5.74, 6) is 1.58. The highest BCUT2D eigenvalue weighted by molar-refractivity contribution is 5.96. The number of hydrogen-bond donors (Lipinski definition) is 1. The number of nitrogens with zero attached hydrogens (tertiary/aromatic N) is 2. The van der Waals surface area contributed by atoms with Crippen LogP contribution in [-0.4, -0.2) is 41.6 Å². The van der Waals surface area contributed by atoms with Crippen molar-refractivity contribution in [1.82, 2.24) is 10.1 Å². The fourth-order valence-corrected chi connectivity index (χ4v) is 3.16. The van der Waals surface area contributed by atoms with E-state index in [0.717, 1.165) is 17.7 Å². The van der Waals surface area contributed by atoms with Gasteiger partial charge >= 0.3 is 0 Å². The molecule has 1 N–H and O–H groups in total. The summed E-state index contributed by atoms with van der Waals surface area (Å²) >= 11 is 0. The van der Waals surface area contributed by atoms with Crippen LogP contribution in [0.5, 0.6) is 5.75 Å². The van der Waals surface area contributed by atoms with Crippen LogP contribution in [0.3, 0.4) is 0 Å². The number of likely N-dealkylation sites (tertiary alicyclic amines) is 1. The normalized spacial score (nSPS) is 16.5. The Morgan fingerprint density at radius 3 is 2.77 bits per heavy atom. The molecule has 0 radical (unpaired) electrons. The van der Waals surface area contributed by atoms with Gasteiger partial charge in [0.1, 0.15) is 17.6 Å². The van der Waals surface area contributed by atoms with Crippen molar-refractivity contribution < 1.29 is 18.8 Å². The molecular weight excluding hydrogens is 334 g/mol. The molecule has 0 unspecified atom stereocenters. The first-order valence-corrected chi connectivity index (χ1v) is 8.73. The maximum atomic E-state index is 12.6. The third-order valence-corrected chi connectivity index (χ3v) is 4.54. The third-order valence-electron chi connectivity index (χ3n) is 4.54. The summed E-state index contributed by atoms with van der Waals surface area (Å²) in [6.07, 6.45) is 2.50. The average Bonchev–Trinajstić information content (AvgIpc) is 3.29. The molecule has 0 saturated carbocycles. The molecule has 1 saturated heterocycles. The Kier molecular flexibility index (Phi) is 5.55. The van der Waals surface area contributed by atoms with Gasteiger partial charge in [-0.3, -0.25) is 9.59 Å². The Hall–Kier alpha value is -2.83. The molecule has 0 bridgehead atoms. The molecule has 26 heavy (non-hydrogen) atoms. The molecule has 0 aliphatic carbocycles. The van der Waals surface area contributed by atoms with Crippen LogP contribution in [0.2, 0.25) is 0 Å². The van der Waals surface area contributed by atoms with Gasteiger partial charge in [0.25, 0.3) is 0 Å².